The highest BCUT2D eigenvalue weighted by Crippen LogP contribution is 2.43. The number of aromatic amines is 1. The molecule has 0 atom stereocenters. The number of ether oxygens (including phenoxy) is 2. The van der Waals surface area contributed by atoms with Crippen LogP contribution < -0.4 is 15.2 Å². The number of nitrogen functional groups attached to an aromatic ring is 1. The predicted molar refractivity (Wildman–Crippen MR) is 63.2 cm³/mol. The number of rotatable bonds is 3. The lowest BCUT2D eigenvalue weighted by molar-refractivity contribution is 0.327. The van der Waals surface area contributed by atoms with Crippen molar-refractivity contribution >= 4 is 5.82 Å². The minimum atomic E-state index is -0.910. The van der Waals surface area contributed by atoms with Crippen molar-refractivity contribution in [3.63, 3.8) is 0 Å². The van der Waals surface area contributed by atoms with E-state index in [1.54, 1.807) is 0 Å². The second-order valence-electron chi connectivity index (χ2n) is 3.52. The van der Waals surface area contributed by atoms with Crippen LogP contribution in [0.2, 0.25) is 0 Å². The molecule has 0 bridgehead atoms. The van der Waals surface area contributed by atoms with Gasteiger partial charge in [0.1, 0.15) is 5.82 Å². The molecular formula is C11H12FN3O3. The van der Waals surface area contributed by atoms with Gasteiger partial charge < -0.3 is 20.3 Å². The second-order valence-corrected chi connectivity index (χ2v) is 3.52. The molecule has 0 aliphatic rings. The van der Waals surface area contributed by atoms with E-state index in [0.29, 0.717) is 5.56 Å². The summed E-state index contributed by atoms with van der Waals surface area (Å²) < 4.78 is 23.7. The first-order valence-corrected chi connectivity index (χ1v) is 5.02. The van der Waals surface area contributed by atoms with Crippen LogP contribution in [0.25, 0.3) is 11.1 Å². The van der Waals surface area contributed by atoms with Gasteiger partial charge in [-0.3, -0.25) is 5.10 Å². The molecule has 0 fully saturated rings. The number of benzene rings is 1. The Bertz CT molecular complexity index is 583. The zero-order valence-electron chi connectivity index (χ0n) is 9.82. The molecule has 4 N–H and O–H groups in total. The Morgan fingerprint density at radius 3 is 2.56 bits per heavy atom. The van der Waals surface area contributed by atoms with Crippen LogP contribution in [0.5, 0.6) is 17.2 Å². The van der Waals surface area contributed by atoms with Gasteiger partial charge in [0.15, 0.2) is 11.5 Å². The summed E-state index contributed by atoms with van der Waals surface area (Å²) in [6.45, 7) is 0. The van der Waals surface area contributed by atoms with Gasteiger partial charge >= 0.3 is 0 Å². The first-order valence-electron chi connectivity index (χ1n) is 5.02. The third-order valence-corrected chi connectivity index (χ3v) is 2.54. The molecule has 7 heteroatoms. The van der Waals surface area contributed by atoms with Gasteiger partial charge in [-0.1, -0.05) is 0 Å². The van der Waals surface area contributed by atoms with Gasteiger partial charge in [0.25, 0.3) is 0 Å². The molecule has 0 unspecified atom stereocenters. The fourth-order valence-corrected chi connectivity index (χ4v) is 1.66. The van der Waals surface area contributed by atoms with E-state index >= 15 is 0 Å². The molecular weight excluding hydrogens is 241 g/mol. The number of phenols is 1. The lowest BCUT2D eigenvalue weighted by Crippen LogP contribution is -1.96. The molecule has 0 amide bonds. The van der Waals surface area contributed by atoms with E-state index in [1.165, 1.54) is 26.5 Å². The third kappa shape index (κ3) is 1.69. The summed E-state index contributed by atoms with van der Waals surface area (Å²) in [6, 6.07) is 1.43. The number of nitrogens with zero attached hydrogens (tertiary/aromatic N) is 1. The number of aromatic nitrogens is 2. The van der Waals surface area contributed by atoms with Gasteiger partial charge in [0.05, 0.1) is 20.4 Å². The molecule has 0 spiro atoms. The van der Waals surface area contributed by atoms with Crippen LogP contribution in [0.4, 0.5) is 10.2 Å². The SMILES string of the molecule is COc1cc(-c2cn[nH]c2N)c(O)c(F)c1OC. The van der Waals surface area contributed by atoms with Crippen molar-refractivity contribution in [2.75, 3.05) is 20.0 Å². The molecule has 0 saturated heterocycles. The minimum absolute atomic E-state index is 0.156. The Hall–Kier alpha value is -2.44. The van der Waals surface area contributed by atoms with E-state index in [9.17, 15) is 9.50 Å². The fourth-order valence-electron chi connectivity index (χ4n) is 1.66. The van der Waals surface area contributed by atoms with Crippen molar-refractivity contribution in [1.29, 1.82) is 0 Å². The van der Waals surface area contributed by atoms with Crippen LogP contribution in [0.3, 0.4) is 0 Å². The highest BCUT2D eigenvalue weighted by Gasteiger charge is 2.21. The number of aromatic hydroxyl groups is 1. The molecule has 0 radical (unpaired) electrons. The van der Waals surface area contributed by atoms with Crippen molar-refractivity contribution in [1.82, 2.24) is 10.2 Å². The van der Waals surface area contributed by atoms with Gasteiger partial charge in [0, 0.05) is 11.1 Å². The lowest BCUT2D eigenvalue weighted by atomic mass is 10.1. The summed E-state index contributed by atoms with van der Waals surface area (Å²) in [5, 5.41) is 16.0. The highest BCUT2D eigenvalue weighted by molar-refractivity contribution is 5.80. The fraction of sp³-hybridized carbons (Fsp3) is 0.182. The lowest BCUT2D eigenvalue weighted by Gasteiger charge is -2.12. The first-order chi connectivity index (χ1) is 8.60. The Kier molecular flexibility index (Phi) is 2.97. The van der Waals surface area contributed by atoms with E-state index in [4.69, 9.17) is 15.2 Å². The van der Waals surface area contributed by atoms with Crippen molar-refractivity contribution in [2.45, 2.75) is 0 Å². The Labute approximate surface area is 102 Å². The van der Waals surface area contributed by atoms with Crippen LogP contribution in [0.1, 0.15) is 0 Å². The molecule has 1 aromatic heterocycles. The molecule has 0 aliphatic heterocycles. The number of nitrogens with one attached hydrogen (secondary N) is 1. The van der Waals surface area contributed by atoms with Crippen LogP contribution in [0, 0.1) is 5.82 Å². The highest BCUT2D eigenvalue weighted by atomic mass is 19.1. The topological polar surface area (TPSA) is 93.4 Å². The summed E-state index contributed by atoms with van der Waals surface area (Å²) >= 11 is 0. The Balaban J connectivity index is 2.70. The largest absolute Gasteiger partial charge is 0.504 e. The van der Waals surface area contributed by atoms with Crippen molar-refractivity contribution in [3.8, 4) is 28.4 Å². The minimum Gasteiger partial charge on any atom is -0.504 e. The van der Waals surface area contributed by atoms with Crippen LogP contribution in [-0.4, -0.2) is 29.5 Å². The van der Waals surface area contributed by atoms with Gasteiger partial charge in [-0.25, -0.2) is 0 Å². The quantitative estimate of drug-likeness (QED) is 0.771. The Morgan fingerprint density at radius 1 is 1.33 bits per heavy atom. The van der Waals surface area contributed by atoms with Gasteiger partial charge in [0.2, 0.25) is 11.6 Å². The summed E-state index contributed by atoms with van der Waals surface area (Å²) in [7, 11) is 2.66. The van der Waals surface area contributed by atoms with Crippen LogP contribution >= 0.6 is 0 Å². The summed E-state index contributed by atoms with van der Waals surface area (Å²) in [4.78, 5) is 0. The number of anilines is 1. The number of phenolic OH excluding ortho intramolecular Hbond substituents is 1. The van der Waals surface area contributed by atoms with Crippen molar-refractivity contribution in [3.05, 3.63) is 18.1 Å². The monoisotopic (exact) mass is 253 g/mol. The maximum atomic E-state index is 13.9. The molecule has 96 valence electrons. The van der Waals surface area contributed by atoms with Crippen molar-refractivity contribution < 1.29 is 19.0 Å². The summed E-state index contributed by atoms with van der Waals surface area (Å²) in [6.07, 6.45) is 1.38. The number of halogens is 1. The molecule has 2 rings (SSSR count). The number of H-pyrrole nitrogens is 1. The zero-order valence-corrected chi connectivity index (χ0v) is 9.82. The normalized spacial score (nSPS) is 10.4. The number of hydrogen-bond acceptors (Lipinski definition) is 5. The molecule has 18 heavy (non-hydrogen) atoms. The third-order valence-electron chi connectivity index (χ3n) is 2.54. The standard InChI is InChI=1S/C11H12FN3O3/c1-17-7-3-5(6-4-14-15-11(6)13)9(16)8(12)10(7)18-2/h3-4,16H,1-2H3,(H3,13,14,15). The zero-order chi connectivity index (χ0) is 13.3. The van der Waals surface area contributed by atoms with E-state index < -0.39 is 11.6 Å². The second kappa shape index (κ2) is 4.44. The van der Waals surface area contributed by atoms with E-state index in [0.717, 1.165) is 0 Å². The smallest absolute Gasteiger partial charge is 0.211 e. The molecule has 6 nitrogen and oxygen atoms in total. The van der Waals surface area contributed by atoms with E-state index in [1.807, 2.05) is 0 Å². The number of methoxy groups -OCH3 is 2. The number of nitrogens with two attached hydrogens (primary N) is 1. The van der Waals surface area contributed by atoms with E-state index in [2.05, 4.69) is 10.2 Å². The average molecular weight is 253 g/mol. The van der Waals surface area contributed by atoms with Gasteiger partial charge in [-0.2, -0.15) is 9.49 Å². The van der Waals surface area contributed by atoms with Crippen molar-refractivity contribution in [2.24, 2.45) is 0 Å². The molecule has 0 aliphatic carbocycles. The molecule has 2 aromatic rings. The van der Waals surface area contributed by atoms with Gasteiger partial charge in [-0.05, 0) is 6.07 Å². The molecule has 1 aromatic carbocycles. The average Bonchev–Trinajstić information content (AvgIpc) is 2.78. The van der Waals surface area contributed by atoms with E-state index in [-0.39, 0.29) is 22.9 Å². The summed E-state index contributed by atoms with van der Waals surface area (Å²) in [5.74, 6) is -1.27. The molecule has 0 saturated carbocycles. The van der Waals surface area contributed by atoms with Crippen LogP contribution in [-0.2, 0) is 0 Å². The summed E-state index contributed by atoms with van der Waals surface area (Å²) in [5.41, 5.74) is 6.19. The number of hydrogen-bond donors (Lipinski definition) is 3. The predicted octanol–water partition coefficient (Wildman–Crippen LogP) is 1.52. The molecule has 1 heterocycles. The first kappa shape index (κ1) is 12.0. The van der Waals surface area contributed by atoms with Crippen LogP contribution in [0.15, 0.2) is 12.3 Å². The Morgan fingerprint density at radius 2 is 2.06 bits per heavy atom. The maximum absolute atomic E-state index is 13.9. The maximum Gasteiger partial charge on any atom is 0.211 e. The van der Waals surface area contributed by atoms with Gasteiger partial charge in [-0.15, -0.1) is 0 Å².